The number of rotatable bonds is 5. The van der Waals surface area contributed by atoms with E-state index in [2.05, 4.69) is 5.32 Å². The largest absolute Gasteiger partial charge is 0.494 e. The van der Waals surface area contributed by atoms with E-state index in [1.54, 1.807) is 36.4 Å². The van der Waals surface area contributed by atoms with Gasteiger partial charge in [0.25, 0.3) is 5.91 Å². The molecular formula is C18H14Cl2N2O2. The average Bonchev–Trinajstić information content (AvgIpc) is 2.57. The molecule has 0 aliphatic carbocycles. The van der Waals surface area contributed by atoms with Gasteiger partial charge in [-0.1, -0.05) is 35.3 Å². The number of hydrogen-bond acceptors (Lipinski definition) is 3. The highest BCUT2D eigenvalue weighted by Gasteiger charge is 2.11. The summed E-state index contributed by atoms with van der Waals surface area (Å²) in [6.07, 6.45) is 1.49. The minimum absolute atomic E-state index is 0.0369. The average molecular weight is 361 g/mol. The van der Waals surface area contributed by atoms with Gasteiger partial charge in [-0.25, -0.2) is 0 Å². The molecule has 2 rings (SSSR count). The van der Waals surface area contributed by atoms with Gasteiger partial charge in [0, 0.05) is 5.02 Å². The van der Waals surface area contributed by atoms with E-state index < -0.39 is 5.91 Å². The smallest absolute Gasteiger partial charge is 0.266 e. The van der Waals surface area contributed by atoms with Crippen LogP contribution in [0.2, 0.25) is 10.0 Å². The summed E-state index contributed by atoms with van der Waals surface area (Å²) >= 11 is 11.8. The molecule has 0 heterocycles. The third-order valence-electron chi connectivity index (χ3n) is 3.05. The van der Waals surface area contributed by atoms with Crippen LogP contribution in [-0.2, 0) is 4.79 Å². The van der Waals surface area contributed by atoms with Crippen LogP contribution >= 0.6 is 23.2 Å². The van der Waals surface area contributed by atoms with Crippen molar-refractivity contribution in [2.45, 2.75) is 6.92 Å². The lowest BCUT2D eigenvalue weighted by atomic mass is 10.1. The van der Waals surface area contributed by atoms with Crippen LogP contribution in [0.25, 0.3) is 6.08 Å². The van der Waals surface area contributed by atoms with Gasteiger partial charge in [-0.15, -0.1) is 0 Å². The first-order chi connectivity index (χ1) is 11.5. The monoisotopic (exact) mass is 360 g/mol. The molecule has 122 valence electrons. The van der Waals surface area contributed by atoms with E-state index in [0.29, 0.717) is 27.9 Å². The molecule has 0 fully saturated rings. The second kappa shape index (κ2) is 8.39. The normalized spacial score (nSPS) is 10.8. The van der Waals surface area contributed by atoms with E-state index in [-0.39, 0.29) is 5.57 Å². The maximum Gasteiger partial charge on any atom is 0.266 e. The number of nitriles is 1. The Labute approximate surface area is 150 Å². The van der Waals surface area contributed by atoms with Crippen LogP contribution in [0.15, 0.2) is 48.0 Å². The summed E-state index contributed by atoms with van der Waals surface area (Å²) in [6, 6.07) is 13.7. The van der Waals surface area contributed by atoms with Crippen molar-refractivity contribution in [1.82, 2.24) is 0 Å². The Morgan fingerprint density at radius 3 is 2.54 bits per heavy atom. The molecule has 0 aliphatic rings. The van der Waals surface area contributed by atoms with Crippen molar-refractivity contribution in [1.29, 1.82) is 5.26 Å². The molecule has 6 heteroatoms. The molecule has 0 saturated heterocycles. The fraction of sp³-hybridized carbons (Fsp3) is 0.111. The zero-order chi connectivity index (χ0) is 17.5. The summed E-state index contributed by atoms with van der Waals surface area (Å²) < 4.78 is 5.35. The minimum Gasteiger partial charge on any atom is -0.494 e. The van der Waals surface area contributed by atoms with Gasteiger partial charge in [0.15, 0.2) is 0 Å². The summed E-state index contributed by atoms with van der Waals surface area (Å²) in [5.41, 5.74) is 1.07. The van der Waals surface area contributed by atoms with Crippen LogP contribution < -0.4 is 10.1 Å². The third kappa shape index (κ3) is 4.76. The highest BCUT2D eigenvalue weighted by atomic mass is 35.5. The number of nitrogens with one attached hydrogen (secondary N) is 1. The van der Waals surface area contributed by atoms with Crippen LogP contribution in [-0.4, -0.2) is 12.5 Å². The zero-order valence-corrected chi connectivity index (χ0v) is 14.4. The van der Waals surface area contributed by atoms with Gasteiger partial charge in [0.1, 0.15) is 17.4 Å². The Balaban J connectivity index is 2.17. The van der Waals surface area contributed by atoms with Gasteiger partial charge < -0.3 is 10.1 Å². The Bertz CT molecular complexity index is 809. The molecule has 0 saturated carbocycles. The molecule has 0 radical (unpaired) electrons. The second-order valence-electron chi connectivity index (χ2n) is 4.75. The summed E-state index contributed by atoms with van der Waals surface area (Å²) in [5.74, 6) is 0.182. The summed E-state index contributed by atoms with van der Waals surface area (Å²) in [5, 5.41) is 12.6. The van der Waals surface area contributed by atoms with Gasteiger partial charge >= 0.3 is 0 Å². The quantitative estimate of drug-likeness (QED) is 0.606. The first-order valence-electron chi connectivity index (χ1n) is 7.14. The molecule has 0 spiro atoms. The molecule has 1 amide bonds. The number of nitrogens with zero attached hydrogens (tertiary/aromatic N) is 1. The lowest BCUT2D eigenvalue weighted by molar-refractivity contribution is -0.112. The lowest BCUT2D eigenvalue weighted by Gasteiger charge is -2.07. The van der Waals surface area contributed by atoms with Crippen molar-refractivity contribution in [3.8, 4) is 11.8 Å². The van der Waals surface area contributed by atoms with Gasteiger partial charge in [-0.3, -0.25) is 4.79 Å². The predicted molar refractivity (Wildman–Crippen MR) is 96.3 cm³/mol. The van der Waals surface area contributed by atoms with Gasteiger partial charge in [-0.2, -0.15) is 5.26 Å². The molecule has 0 aromatic heterocycles. The Morgan fingerprint density at radius 2 is 1.96 bits per heavy atom. The topological polar surface area (TPSA) is 62.1 Å². The van der Waals surface area contributed by atoms with Gasteiger partial charge in [0.05, 0.1) is 17.3 Å². The van der Waals surface area contributed by atoms with Crippen molar-refractivity contribution in [2.24, 2.45) is 0 Å². The Kier molecular flexibility index (Phi) is 6.25. The van der Waals surface area contributed by atoms with Crippen molar-refractivity contribution in [2.75, 3.05) is 11.9 Å². The highest BCUT2D eigenvalue weighted by molar-refractivity contribution is 6.36. The Hall–Kier alpha value is -2.48. The van der Waals surface area contributed by atoms with Crippen molar-refractivity contribution < 1.29 is 9.53 Å². The third-order valence-corrected chi connectivity index (χ3v) is 3.59. The molecule has 0 bridgehead atoms. The molecular weight excluding hydrogens is 347 g/mol. The van der Waals surface area contributed by atoms with Crippen LogP contribution in [0.3, 0.4) is 0 Å². The fourth-order valence-electron chi connectivity index (χ4n) is 1.92. The molecule has 0 aliphatic heterocycles. The van der Waals surface area contributed by atoms with Crippen LogP contribution in [0, 0.1) is 11.3 Å². The first-order valence-corrected chi connectivity index (χ1v) is 7.90. The number of ether oxygens (including phenoxy) is 1. The summed E-state index contributed by atoms with van der Waals surface area (Å²) in [7, 11) is 0. The van der Waals surface area contributed by atoms with Gasteiger partial charge in [-0.05, 0) is 48.9 Å². The number of hydrogen-bond donors (Lipinski definition) is 1. The first kappa shape index (κ1) is 17.9. The van der Waals surface area contributed by atoms with E-state index >= 15 is 0 Å². The van der Waals surface area contributed by atoms with E-state index in [0.717, 1.165) is 5.75 Å². The highest BCUT2D eigenvalue weighted by Crippen LogP contribution is 2.26. The minimum atomic E-state index is -0.546. The van der Waals surface area contributed by atoms with Gasteiger partial charge in [0.2, 0.25) is 0 Å². The molecule has 24 heavy (non-hydrogen) atoms. The molecule has 0 unspecified atom stereocenters. The lowest BCUT2D eigenvalue weighted by Crippen LogP contribution is -2.13. The Morgan fingerprint density at radius 1 is 1.25 bits per heavy atom. The number of benzene rings is 2. The van der Waals surface area contributed by atoms with Crippen molar-refractivity contribution in [3.05, 3.63) is 63.6 Å². The van der Waals surface area contributed by atoms with Crippen molar-refractivity contribution >= 4 is 40.9 Å². The second-order valence-corrected chi connectivity index (χ2v) is 5.59. The van der Waals surface area contributed by atoms with Crippen LogP contribution in [0.5, 0.6) is 5.75 Å². The van der Waals surface area contributed by atoms with E-state index in [9.17, 15) is 10.1 Å². The van der Waals surface area contributed by atoms with Crippen molar-refractivity contribution in [3.63, 3.8) is 0 Å². The SMILES string of the molecule is CCOc1ccc(/C=C(\C#N)C(=O)Nc2ccc(Cl)cc2Cl)cc1. The zero-order valence-electron chi connectivity index (χ0n) is 12.8. The van der Waals surface area contributed by atoms with Crippen LogP contribution in [0.1, 0.15) is 12.5 Å². The predicted octanol–water partition coefficient (Wildman–Crippen LogP) is 4.94. The maximum absolute atomic E-state index is 12.2. The standard InChI is InChI=1S/C18H14Cl2N2O2/c1-2-24-15-6-3-12(4-7-15)9-13(11-21)18(23)22-17-8-5-14(19)10-16(17)20/h3-10H,2H2,1H3,(H,22,23)/b13-9+. The molecule has 0 atom stereocenters. The molecule has 2 aromatic carbocycles. The number of carbonyl (C=O) groups excluding carboxylic acids is 1. The number of carbonyl (C=O) groups is 1. The van der Waals surface area contributed by atoms with Crippen LogP contribution in [0.4, 0.5) is 5.69 Å². The number of amides is 1. The number of halogens is 2. The molecule has 4 nitrogen and oxygen atoms in total. The molecule has 2 aromatic rings. The van der Waals surface area contributed by atoms with E-state index in [4.69, 9.17) is 27.9 Å². The van der Waals surface area contributed by atoms with E-state index in [1.165, 1.54) is 12.1 Å². The summed E-state index contributed by atoms with van der Waals surface area (Å²) in [6.45, 7) is 2.47. The summed E-state index contributed by atoms with van der Waals surface area (Å²) in [4.78, 5) is 12.2. The molecule has 1 N–H and O–H groups in total. The number of anilines is 1. The fourth-order valence-corrected chi connectivity index (χ4v) is 2.38. The van der Waals surface area contributed by atoms with E-state index in [1.807, 2.05) is 13.0 Å². The maximum atomic E-state index is 12.2.